The van der Waals surface area contributed by atoms with Crippen molar-refractivity contribution in [1.29, 1.82) is 5.39 Å². The quantitative estimate of drug-likeness (QED) is 0.537. The zero-order chi connectivity index (χ0) is 21.0. The largest absolute Gasteiger partial charge is 0.476 e. The van der Waals surface area contributed by atoms with E-state index < -0.39 is 5.95 Å². The second-order valence-corrected chi connectivity index (χ2v) is 10.1. The molecule has 156 valence electrons. The van der Waals surface area contributed by atoms with E-state index in [1.165, 1.54) is 5.57 Å². The molecule has 0 heterocycles. The molecule has 3 fully saturated rings. The minimum Gasteiger partial charge on any atom is -0.476 e. The van der Waals surface area contributed by atoms with Crippen LogP contribution < -0.4 is 0 Å². The summed E-state index contributed by atoms with van der Waals surface area (Å²) < 4.78 is 5.98. The number of aliphatic hydroxyl groups is 1. The van der Waals surface area contributed by atoms with E-state index in [4.69, 9.17) is 10.1 Å². The number of ketones is 2. The topological polar surface area (TPSA) is 91.8 Å². The molecule has 0 saturated heterocycles. The molecule has 0 unspecified atom stereocenters. The highest BCUT2D eigenvalue weighted by atomic mass is 16.6. The number of nitrogens with zero attached hydrogens (tertiary/aromatic N) is 2. The van der Waals surface area contributed by atoms with Crippen molar-refractivity contribution in [2.75, 3.05) is 0 Å². The number of aliphatic hydroxyl groups excluding tert-OH is 1. The van der Waals surface area contributed by atoms with Gasteiger partial charge in [0.1, 0.15) is 11.9 Å². The summed E-state index contributed by atoms with van der Waals surface area (Å²) in [7, 11) is 0. The van der Waals surface area contributed by atoms with Gasteiger partial charge in [0.05, 0.1) is 0 Å². The fourth-order valence-electron chi connectivity index (χ4n) is 7.66. The Bertz CT molecular complexity index is 840. The van der Waals surface area contributed by atoms with E-state index in [0.717, 1.165) is 38.3 Å². The molecule has 0 aliphatic heterocycles. The summed E-state index contributed by atoms with van der Waals surface area (Å²) in [5, 5.41) is 19.0. The summed E-state index contributed by atoms with van der Waals surface area (Å²) in [5.41, 5.74) is 0.910. The van der Waals surface area contributed by atoms with Crippen LogP contribution in [0.4, 0.5) is 0 Å². The molecule has 0 amide bonds. The number of rotatable bonds is 3. The van der Waals surface area contributed by atoms with E-state index in [1.54, 1.807) is 6.92 Å². The molecule has 7 atom stereocenters. The molecule has 0 radical (unpaired) electrons. The highest BCUT2D eigenvalue weighted by Crippen LogP contribution is 2.67. The first-order valence-electron chi connectivity index (χ1n) is 10.8. The Morgan fingerprint density at radius 2 is 2.07 bits per heavy atom. The summed E-state index contributed by atoms with van der Waals surface area (Å²) in [6.45, 7) is 6.16. The summed E-state index contributed by atoms with van der Waals surface area (Å²) >= 11 is 0. The van der Waals surface area contributed by atoms with Crippen LogP contribution in [0.3, 0.4) is 0 Å². The first kappa shape index (κ1) is 20.1. The summed E-state index contributed by atoms with van der Waals surface area (Å²) in [4.78, 5) is 27.4. The maximum atomic E-state index is 12.4. The van der Waals surface area contributed by atoms with Crippen LogP contribution in [-0.4, -0.2) is 22.8 Å². The Hall–Kier alpha value is -2.16. The average Bonchev–Trinajstić information content (AvgIpc) is 2.99. The predicted octanol–water partition coefficient (Wildman–Crippen LogP) is 4.93. The number of fused-ring (bicyclic) bond motifs is 5. The molecule has 0 aromatic carbocycles. The molecule has 6 nitrogen and oxygen atoms in total. The van der Waals surface area contributed by atoms with Crippen LogP contribution in [0.25, 0.3) is 4.98 Å². The lowest BCUT2D eigenvalue weighted by Gasteiger charge is -2.60. The maximum absolute atomic E-state index is 12.4. The van der Waals surface area contributed by atoms with Crippen molar-refractivity contribution in [3.05, 3.63) is 28.8 Å². The third-order valence-corrected chi connectivity index (χ3v) is 8.80. The van der Waals surface area contributed by atoms with Crippen LogP contribution in [0.2, 0.25) is 0 Å². The molecule has 3 saturated carbocycles. The van der Waals surface area contributed by atoms with Crippen LogP contribution in [0.1, 0.15) is 65.7 Å². The zero-order valence-corrected chi connectivity index (χ0v) is 17.6. The molecular weight excluding hydrogens is 368 g/mol. The molecule has 4 aliphatic carbocycles. The minimum absolute atomic E-state index is 0.0193. The van der Waals surface area contributed by atoms with Gasteiger partial charge in [-0.2, -0.15) is 0 Å². The van der Waals surface area contributed by atoms with Gasteiger partial charge in [0.15, 0.2) is 10.8 Å². The van der Waals surface area contributed by atoms with Gasteiger partial charge in [0.2, 0.25) is 5.39 Å². The molecule has 0 bridgehead atoms. The van der Waals surface area contributed by atoms with Crippen LogP contribution in [0.15, 0.2) is 23.8 Å². The smallest absolute Gasteiger partial charge is 0.429 e. The highest BCUT2D eigenvalue weighted by molar-refractivity contribution is 5.91. The van der Waals surface area contributed by atoms with Gasteiger partial charge < -0.3 is 9.84 Å². The van der Waals surface area contributed by atoms with E-state index in [1.807, 2.05) is 6.08 Å². The number of hydrogen-bond acceptors (Lipinski definition) is 5. The number of ether oxygens (including phenoxy) is 1. The number of carbonyl (C=O) groups is 2. The number of allylic oxidation sites excluding steroid dienone is 1. The van der Waals surface area contributed by atoms with Crippen molar-refractivity contribution in [2.24, 2.45) is 34.5 Å². The second-order valence-electron chi connectivity index (χ2n) is 10.1. The van der Waals surface area contributed by atoms with E-state index in [2.05, 4.69) is 18.8 Å². The van der Waals surface area contributed by atoms with Gasteiger partial charge in [0, 0.05) is 18.3 Å². The Labute approximate surface area is 172 Å². The predicted molar refractivity (Wildman–Crippen MR) is 107 cm³/mol. The summed E-state index contributed by atoms with van der Waals surface area (Å²) in [6.07, 6.45) is 8.36. The maximum Gasteiger partial charge on any atom is 0.429 e. The SMILES string of the molecule is CC(=O)[C@H]1CC[C@H]2[C@@H]3CCC4=CC(=O)CC[C@]4(C)[C@H]3[C@H](O/C(O)=C/[N+]#N)C[C@]12C. The average molecular weight is 400 g/mol. The standard InChI is InChI=1S/C23H30N2O4/c1-13(26)17-6-7-18-16-5-4-14-10-15(27)8-9-22(14,2)21(16)19(11-23(17,18)3)29-20(28)12-25-24/h10,12,16-19,21H,4-9,11H2,1-3H3/p+1/b20-12+/t16-,17+,18-,19+,21+,22-,23+/m0/s1. The number of Topliss-reactive ketones (excluding diaryl/α,β-unsaturated/α-hetero) is 1. The van der Waals surface area contributed by atoms with Crippen molar-refractivity contribution in [3.63, 3.8) is 0 Å². The van der Waals surface area contributed by atoms with Gasteiger partial charge >= 0.3 is 12.1 Å². The van der Waals surface area contributed by atoms with E-state index >= 15 is 0 Å². The molecule has 4 aliphatic rings. The third-order valence-electron chi connectivity index (χ3n) is 8.80. The van der Waals surface area contributed by atoms with E-state index in [-0.39, 0.29) is 40.3 Å². The lowest BCUT2D eigenvalue weighted by atomic mass is 9.46. The molecule has 1 N–H and O–H groups in total. The van der Waals surface area contributed by atoms with Crippen molar-refractivity contribution in [2.45, 2.75) is 71.8 Å². The first-order chi connectivity index (χ1) is 13.7. The van der Waals surface area contributed by atoms with Gasteiger partial charge in [-0.25, -0.2) is 0 Å². The van der Waals surface area contributed by atoms with Gasteiger partial charge in [0.25, 0.3) is 0 Å². The molecule has 29 heavy (non-hydrogen) atoms. The zero-order valence-electron chi connectivity index (χ0n) is 17.6. The molecule has 0 aromatic rings. The Morgan fingerprint density at radius 3 is 2.76 bits per heavy atom. The monoisotopic (exact) mass is 399 g/mol. The van der Waals surface area contributed by atoms with Gasteiger partial charge in [-0.15, -0.1) is 0 Å². The fraction of sp³-hybridized carbons (Fsp3) is 0.739. The van der Waals surface area contributed by atoms with Crippen LogP contribution in [-0.2, 0) is 14.3 Å². The van der Waals surface area contributed by atoms with Gasteiger partial charge in [-0.1, -0.05) is 19.4 Å². The summed E-state index contributed by atoms with van der Waals surface area (Å²) in [6, 6.07) is 0. The van der Waals surface area contributed by atoms with Crippen molar-refractivity contribution in [1.82, 2.24) is 0 Å². The highest BCUT2D eigenvalue weighted by Gasteiger charge is 2.63. The van der Waals surface area contributed by atoms with E-state index in [9.17, 15) is 14.7 Å². The minimum atomic E-state index is -0.401. The third kappa shape index (κ3) is 3.01. The van der Waals surface area contributed by atoms with Crippen molar-refractivity contribution in [3.8, 4) is 0 Å². The molecule has 0 spiro atoms. The number of hydrogen-bond donors (Lipinski definition) is 1. The normalized spacial score (nSPS) is 44.1. The fourth-order valence-corrected chi connectivity index (χ4v) is 7.66. The van der Waals surface area contributed by atoms with Crippen molar-refractivity contribution < 1.29 is 19.4 Å². The second kappa shape index (κ2) is 6.97. The Kier molecular flexibility index (Phi) is 4.83. The summed E-state index contributed by atoms with van der Waals surface area (Å²) in [5.74, 6) is 1.06. The van der Waals surface area contributed by atoms with Crippen molar-refractivity contribution >= 4 is 11.6 Å². The first-order valence-corrected chi connectivity index (χ1v) is 10.8. The Balaban J connectivity index is 1.77. The lowest BCUT2D eigenvalue weighted by molar-refractivity contribution is -0.157. The lowest BCUT2D eigenvalue weighted by Crippen LogP contribution is -2.57. The van der Waals surface area contributed by atoms with Gasteiger partial charge in [-0.05, 0) is 74.2 Å². The molecule has 6 heteroatoms. The van der Waals surface area contributed by atoms with Gasteiger partial charge in [-0.3, -0.25) is 9.59 Å². The van der Waals surface area contributed by atoms with E-state index in [0.29, 0.717) is 24.7 Å². The Morgan fingerprint density at radius 1 is 1.31 bits per heavy atom. The molecular formula is C23H31N2O4+. The molecule has 4 rings (SSSR count). The number of diazo groups is 1. The number of carbonyl (C=O) groups excluding carboxylic acids is 2. The molecule has 0 aromatic heterocycles. The van der Waals surface area contributed by atoms with Crippen LogP contribution in [0, 0.1) is 39.9 Å². The van der Waals surface area contributed by atoms with Crippen LogP contribution >= 0.6 is 0 Å². The van der Waals surface area contributed by atoms with Crippen LogP contribution in [0.5, 0.6) is 0 Å².